The number of halogens is 2. The lowest BCUT2D eigenvalue weighted by molar-refractivity contribution is -0.113. The van der Waals surface area contributed by atoms with Crippen molar-refractivity contribution < 1.29 is 19.0 Å². The number of amides is 1. The molecule has 1 atom stereocenters. The fourth-order valence-corrected chi connectivity index (χ4v) is 5.75. The Morgan fingerprint density at radius 3 is 2.60 bits per heavy atom. The summed E-state index contributed by atoms with van der Waals surface area (Å²) in [6, 6.07) is 17.5. The van der Waals surface area contributed by atoms with Gasteiger partial charge in [0.2, 0.25) is 11.1 Å². The van der Waals surface area contributed by atoms with Gasteiger partial charge >= 0.3 is 0 Å². The molecule has 1 aromatic heterocycles. The Balaban J connectivity index is 1.51. The Bertz CT molecular complexity index is 1680. The molecule has 224 valence electrons. The van der Waals surface area contributed by atoms with Gasteiger partial charge in [-0.2, -0.15) is 4.98 Å². The van der Waals surface area contributed by atoms with Gasteiger partial charge in [0, 0.05) is 21.3 Å². The number of hydrogen-bond acceptors (Lipinski definition) is 8. The van der Waals surface area contributed by atoms with Crippen LogP contribution in [0.1, 0.15) is 37.9 Å². The summed E-state index contributed by atoms with van der Waals surface area (Å²) in [5.74, 6) is 2.64. The molecule has 1 unspecified atom stereocenters. The Hall–Kier alpha value is -3.86. The molecule has 1 aliphatic heterocycles. The van der Waals surface area contributed by atoms with Crippen LogP contribution in [0.4, 0.5) is 11.6 Å². The molecule has 1 aliphatic rings. The van der Waals surface area contributed by atoms with Crippen molar-refractivity contribution in [1.29, 1.82) is 0 Å². The first-order valence-electron chi connectivity index (χ1n) is 13.7. The molecule has 12 heteroatoms. The van der Waals surface area contributed by atoms with Gasteiger partial charge in [-0.05, 0) is 61.6 Å². The van der Waals surface area contributed by atoms with E-state index < -0.39 is 6.04 Å². The number of allylic oxidation sites excluding steroid dienone is 1. The molecule has 9 nitrogen and oxygen atoms in total. The van der Waals surface area contributed by atoms with Gasteiger partial charge in [-0.15, -0.1) is 5.10 Å². The highest BCUT2D eigenvalue weighted by molar-refractivity contribution is 7.99. The molecule has 0 saturated carbocycles. The molecule has 4 aromatic rings. The molecular formula is C31H31Cl2N5O4S. The van der Waals surface area contributed by atoms with Crippen molar-refractivity contribution in [2.75, 3.05) is 30.1 Å². The minimum absolute atomic E-state index is 0.218. The number of rotatable bonds is 11. The molecule has 5 rings (SSSR count). The molecule has 43 heavy (non-hydrogen) atoms. The lowest BCUT2D eigenvalue weighted by atomic mass is 9.94. The number of carbonyl (C=O) groups is 1. The second-order valence-electron chi connectivity index (χ2n) is 9.48. The van der Waals surface area contributed by atoms with Gasteiger partial charge in [0.05, 0.1) is 25.0 Å². The first kappa shape index (κ1) is 30.6. The highest BCUT2D eigenvalue weighted by Crippen LogP contribution is 2.40. The number of anilines is 2. The maximum Gasteiger partial charge on any atom is 0.255 e. The van der Waals surface area contributed by atoms with E-state index in [1.807, 2.05) is 69.3 Å². The Morgan fingerprint density at radius 1 is 1.05 bits per heavy atom. The number of aromatic nitrogens is 3. The van der Waals surface area contributed by atoms with Gasteiger partial charge < -0.3 is 24.8 Å². The van der Waals surface area contributed by atoms with E-state index in [0.29, 0.717) is 62.0 Å². The number of para-hydroxylation sites is 2. The maximum atomic E-state index is 14.0. The van der Waals surface area contributed by atoms with Gasteiger partial charge in [-0.3, -0.25) is 4.79 Å². The lowest BCUT2D eigenvalue weighted by Gasteiger charge is -2.29. The van der Waals surface area contributed by atoms with Gasteiger partial charge in [-0.25, -0.2) is 4.68 Å². The molecule has 2 N–H and O–H groups in total. The number of nitrogens with zero attached hydrogens (tertiary/aromatic N) is 3. The minimum Gasteiger partial charge on any atom is -0.493 e. The molecule has 0 radical (unpaired) electrons. The third kappa shape index (κ3) is 6.71. The average Bonchev–Trinajstić information content (AvgIpc) is 3.39. The van der Waals surface area contributed by atoms with Gasteiger partial charge in [0.25, 0.3) is 5.91 Å². The van der Waals surface area contributed by atoms with Gasteiger partial charge in [0.1, 0.15) is 18.4 Å². The van der Waals surface area contributed by atoms with Crippen molar-refractivity contribution >= 4 is 52.5 Å². The maximum absolute atomic E-state index is 14.0. The molecule has 2 heterocycles. The summed E-state index contributed by atoms with van der Waals surface area (Å²) in [4.78, 5) is 18.6. The van der Waals surface area contributed by atoms with Crippen LogP contribution < -0.4 is 24.8 Å². The van der Waals surface area contributed by atoms with Crippen molar-refractivity contribution in [3.63, 3.8) is 0 Å². The smallest absolute Gasteiger partial charge is 0.255 e. The van der Waals surface area contributed by atoms with Crippen LogP contribution in [0.25, 0.3) is 0 Å². The van der Waals surface area contributed by atoms with Crippen LogP contribution in [0, 0.1) is 0 Å². The number of fused-ring (bicyclic) bond motifs is 1. The zero-order valence-electron chi connectivity index (χ0n) is 24.1. The van der Waals surface area contributed by atoms with E-state index >= 15 is 0 Å². The highest BCUT2D eigenvalue weighted by atomic mass is 35.5. The zero-order valence-corrected chi connectivity index (χ0v) is 26.4. The van der Waals surface area contributed by atoms with E-state index in [2.05, 4.69) is 15.6 Å². The summed E-state index contributed by atoms with van der Waals surface area (Å²) in [5.41, 5.74) is 3.24. The van der Waals surface area contributed by atoms with E-state index in [4.69, 9.17) is 42.5 Å². The van der Waals surface area contributed by atoms with E-state index in [-0.39, 0.29) is 12.5 Å². The lowest BCUT2D eigenvalue weighted by Crippen LogP contribution is -2.31. The number of benzene rings is 3. The molecule has 0 bridgehead atoms. The molecule has 1 amide bonds. The summed E-state index contributed by atoms with van der Waals surface area (Å²) < 4.78 is 19.3. The number of nitrogens with one attached hydrogen (secondary N) is 2. The second-order valence-corrected chi connectivity index (χ2v) is 11.6. The Kier molecular flexibility index (Phi) is 9.69. The van der Waals surface area contributed by atoms with Crippen molar-refractivity contribution in [2.45, 2.75) is 38.6 Å². The first-order chi connectivity index (χ1) is 20.8. The van der Waals surface area contributed by atoms with Crippen LogP contribution in [0.5, 0.6) is 17.2 Å². The van der Waals surface area contributed by atoms with Gasteiger partial charge in [-0.1, -0.05) is 66.2 Å². The predicted octanol–water partition coefficient (Wildman–Crippen LogP) is 7.61. The predicted molar refractivity (Wildman–Crippen MR) is 171 cm³/mol. The first-order valence-corrected chi connectivity index (χ1v) is 15.4. The summed E-state index contributed by atoms with van der Waals surface area (Å²) in [6.45, 7) is 6.48. The molecule has 0 spiro atoms. The monoisotopic (exact) mass is 639 g/mol. The molecule has 0 saturated heterocycles. The third-order valence-corrected chi connectivity index (χ3v) is 7.99. The standard InChI is InChI=1S/C31H31Cl2N5O4S/c1-5-41-24-10-8-7-9-23(24)35-29(39)27-18(3)34-30-36-31(43-6-2)37-38(30)28(27)19-12-14-25(26(15-19)40-4)42-17-20-11-13-21(32)16-22(20)33/h7-16,28H,5-6,17H2,1-4H3,(H,35,39)(H,34,36,37). The number of thioether (sulfide) groups is 1. The second kappa shape index (κ2) is 13.6. The SMILES string of the molecule is CCOc1ccccc1NC(=O)C1=C(C)Nc2nc(SCC)nn2C1c1ccc(OCc2ccc(Cl)cc2Cl)c(OC)c1. The number of ether oxygens (including phenoxy) is 3. The van der Waals surface area contributed by atoms with Crippen LogP contribution in [-0.4, -0.2) is 40.1 Å². The number of hydrogen-bond donors (Lipinski definition) is 2. The summed E-state index contributed by atoms with van der Waals surface area (Å²) in [7, 11) is 1.57. The van der Waals surface area contributed by atoms with Crippen molar-refractivity contribution in [2.24, 2.45) is 0 Å². The van der Waals surface area contributed by atoms with E-state index in [1.54, 1.807) is 23.9 Å². The number of methoxy groups -OCH3 is 1. The molecule has 0 fully saturated rings. The minimum atomic E-state index is -0.608. The fraction of sp³-hybridized carbons (Fsp3) is 0.258. The Morgan fingerprint density at radius 2 is 1.86 bits per heavy atom. The zero-order chi connectivity index (χ0) is 30.5. The normalized spacial score (nSPS) is 14.1. The van der Waals surface area contributed by atoms with E-state index in [0.717, 1.165) is 16.9 Å². The number of carbonyl (C=O) groups excluding carboxylic acids is 1. The highest BCUT2D eigenvalue weighted by Gasteiger charge is 2.35. The van der Waals surface area contributed by atoms with Crippen LogP contribution in [0.15, 0.2) is 77.1 Å². The van der Waals surface area contributed by atoms with Crippen LogP contribution in [-0.2, 0) is 11.4 Å². The topological polar surface area (TPSA) is 99.5 Å². The summed E-state index contributed by atoms with van der Waals surface area (Å²) >= 11 is 13.9. The fourth-order valence-electron chi connectivity index (χ4n) is 4.73. The average molecular weight is 641 g/mol. The van der Waals surface area contributed by atoms with Crippen LogP contribution in [0.3, 0.4) is 0 Å². The van der Waals surface area contributed by atoms with Crippen molar-refractivity contribution in [3.8, 4) is 17.2 Å². The molecule has 0 aliphatic carbocycles. The summed E-state index contributed by atoms with van der Waals surface area (Å²) in [6.07, 6.45) is 0. The largest absolute Gasteiger partial charge is 0.493 e. The van der Waals surface area contributed by atoms with E-state index in [1.165, 1.54) is 11.8 Å². The van der Waals surface area contributed by atoms with Crippen LogP contribution >= 0.6 is 35.0 Å². The van der Waals surface area contributed by atoms with Crippen molar-refractivity contribution in [3.05, 3.63) is 93.1 Å². The molecular weight excluding hydrogens is 609 g/mol. The third-order valence-electron chi connectivity index (χ3n) is 6.69. The van der Waals surface area contributed by atoms with Crippen LogP contribution in [0.2, 0.25) is 10.0 Å². The van der Waals surface area contributed by atoms with Crippen molar-refractivity contribution in [1.82, 2.24) is 14.8 Å². The molecule has 3 aromatic carbocycles. The van der Waals surface area contributed by atoms with E-state index in [9.17, 15) is 4.79 Å². The summed E-state index contributed by atoms with van der Waals surface area (Å²) in [5, 5.41) is 12.7. The quantitative estimate of drug-likeness (QED) is 0.162. The van der Waals surface area contributed by atoms with Gasteiger partial charge in [0.15, 0.2) is 11.5 Å². The Labute approximate surface area is 264 Å².